The van der Waals surface area contributed by atoms with Crippen LogP contribution in [-0.4, -0.2) is 43.5 Å². The fraction of sp³-hybridized carbons (Fsp3) is 0.444. The van der Waals surface area contributed by atoms with E-state index in [1.807, 2.05) is 18.2 Å². The number of hydrogen-bond donors (Lipinski definition) is 4. The lowest BCUT2D eigenvalue weighted by molar-refractivity contribution is 0.0946. The molecule has 3 aromatic rings. The lowest BCUT2D eigenvalue weighted by Gasteiger charge is -2.23. The standard InChI is InChI=1S/C18H23N7O2/c26-17(20-10-12-4-5-14-15(9-12)22-18(27)21-14)16-11-25(24-23-16)8-6-13-3-1-2-7-19-13/h4-5,9,11,13,19H,1-3,6-8,10H2,(H,20,26)(H2,21,22,27)/t13-/m0/s1. The molecule has 0 spiro atoms. The summed E-state index contributed by atoms with van der Waals surface area (Å²) < 4.78 is 1.72. The number of hydrogen-bond acceptors (Lipinski definition) is 5. The number of nitrogens with one attached hydrogen (secondary N) is 4. The van der Waals surface area contributed by atoms with Gasteiger partial charge >= 0.3 is 5.69 Å². The first-order valence-electron chi connectivity index (χ1n) is 9.30. The van der Waals surface area contributed by atoms with Crippen molar-refractivity contribution in [2.45, 2.75) is 44.8 Å². The van der Waals surface area contributed by atoms with Gasteiger partial charge in [0.05, 0.1) is 17.2 Å². The van der Waals surface area contributed by atoms with Crippen molar-refractivity contribution < 1.29 is 4.79 Å². The lowest BCUT2D eigenvalue weighted by Crippen LogP contribution is -2.34. The number of carbonyl (C=O) groups is 1. The summed E-state index contributed by atoms with van der Waals surface area (Å²) in [7, 11) is 0. The highest BCUT2D eigenvalue weighted by molar-refractivity contribution is 5.91. The molecular formula is C18H23N7O2. The number of imidazole rings is 1. The van der Waals surface area contributed by atoms with Gasteiger partial charge in [-0.05, 0) is 43.5 Å². The topological polar surface area (TPSA) is 120 Å². The second kappa shape index (κ2) is 7.75. The van der Waals surface area contributed by atoms with Crippen LogP contribution in [0.3, 0.4) is 0 Å². The summed E-state index contributed by atoms with van der Waals surface area (Å²) in [6, 6.07) is 6.03. The average molecular weight is 369 g/mol. The van der Waals surface area contributed by atoms with Crippen LogP contribution in [0.5, 0.6) is 0 Å². The van der Waals surface area contributed by atoms with Crippen molar-refractivity contribution in [1.82, 2.24) is 35.6 Å². The summed E-state index contributed by atoms with van der Waals surface area (Å²) in [6.07, 6.45) is 6.38. The van der Waals surface area contributed by atoms with E-state index in [-0.39, 0.29) is 11.6 Å². The molecule has 1 aliphatic heterocycles. The number of benzene rings is 1. The molecule has 2 aromatic heterocycles. The largest absolute Gasteiger partial charge is 0.347 e. The third-order valence-corrected chi connectivity index (χ3v) is 4.92. The second-order valence-electron chi connectivity index (χ2n) is 6.94. The molecule has 3 heterocycles. The molecule has 0 radical (unpaired) electrons. The van der Waals surface area contributed by atoms with Crippen LogP contribution in [0, 0.1) is 0 Å². The predicted octanol–water partition coefficient (Wildman–Crippen LogP) is 0.910. The molecule has 1 atom stereocenters. The highest BCUT2D eigenvalue weighted by Gasteiger charge is 2.14. The van der Waals surface area contributed by atoms with Gasteiger partial charge in [-0.1, -0.05) is 17.7 Å². The smallest absolute Gasteiger partial charge is 0.323 e. The lowest BCUT2D eigenvalue weighted by atomic mass is 10.0. The molecule has 4 rings (SSSR count). The van der Waals surface area contributed by atoms with E-state index >= 15 is 0 Å². The molecule has 4 N–H and O–H groups in total. The van der Waals surface area contributed by atoms with Gasteiger partial charge in [0.1, 0.15) is 0 Å². The number of aromatic nitrogens is 5. The maximum Gasteiger partial charge on any atom is 0.323 e. The van der Waals surface area contributed by atoms with Crippen LogP contribution >= 0.6 is 0 Å². The van der Waals surface area contributed by atoms with E-state index in [1.54, 1.807) is 10.9 Å². The van der Waals surface area contributed by atoms with Gasteiger partial charge in [0.15, 0.2) is 5.69 Å². The van der Waals surface area contributed by atoms with Crippen molar-refractivity contribution in [2.24, 2.45) is 0 Å². The molecule has 9 heteroatoms. The molecule has 1 aromatic carbocycles. The van der Waals surface area contributed by atoms with Gasteiger partial charge in [-0.2, -0.15) is 0 Å². The molecule has 27 heavy (non-hydrogen) atoms. The Bertz CT molecular complexity index is 981. The SMILES string of the molecule is O=C(NCc1ccc2[nH]c(=O)[nH]c2c1)c1cn(CC[C@@H]2CCCCN2)nn1. The molecule has 9 nitrogen and oxygen atoms in total. The van der Waals surface area contributed by atoms with Crippen LogP contribution in [0.2, 0.25) is 0 Å². The van der Waals surface area contributed by atoms with E-state index in [4.69, 9.17) is 0 Å². The predicted molar refractivity (Wildman–Crippen MR) is 100 cm³/mol. The third-order valence-electron chi connectivity index (χ3n) is 4.92. The van der Waals surface area contributed by atoms with Gasteiger partial charge in [0, 0.05) is 19.1 Å². The van der Waals surface area contributed by atoms with Gasteiger partial charge in [0.2, 0.25) is 0 Å². The van der Waals surface area contributed by atoms with Crippen LogP contribution in [0.15, 0.2) is 29.2 Å². The number of aromatic amines is 2. The fourth-order valence-electron chi connectivity index (χ4n) is 3.43. The summed E-state index contributed by atoms with van der Waals surface area (Å²) in [5.74, 6) is -0.264. The summed E-state index contributed by atoms with van der Waals surface area (Å²) in [5, 5.41) is 14.4. The molecule has 0 unspecified atom stereocenters. The van der Waals surface area contributed by atoms with Crippen LogP contribution in [0.25, 0.3) is 11.0 Å². The molecule has 0 bridgehead atoms. The van der Waals surface area contributed by atoms with Crippen molar-refractivity contribution in [3.05, 3.63) is 46.1 Å². The van der Waals surface area contributed by atoms with Crippen molar-refractivity contribution >= 4 is 16.9 Å². The molecule has 0 aliphatic carbocycles. The number of fused-ring (bicyclic) bond motifs is 1. The summed E-state index contributed by atoms with van der Waals surface area (Å²) in [5.41, 5.74) is 2.41. The van der Waals surface area contributed by atoms with Crippen molar-refractivity contribution in [3.63, 3.8) is 0 Å². The number of aryl methyl sites for hydroxylation is 1. The highest BCUT2D eigenvalue weighted by Crippen LogP contribution is 2.11. The zero-order valence-electron chi connectivity index (χ0n) is 15.0. The second-order valence-corrected chi connectivity index (χ2v) is 6.94. The van der Waals surface area contributed by atoms with Crippen molar-refractivity contribution in [1.29, 1.82) is 0 Å². The highest BCUT2D eigenvalue weighted by atomic mass is 16.2. The van der Waals surface area contributed by atoms with E-state index in [1.165, 1.54) is 19.3 Å². The van der Waals surface area contributed by atoms with Crippen LogP contribution in [0.1, 0.15) is 41.7 Å². The molecule has 1 saturated heterocycles. The quantitative estimate of drug-likeness (QED) is 0.515. The average Bonchev–Trinajstić information content (AvgIpc) is 3.30. The summed E-state index contributed by atoms with van der Waals surface area (Å²) >= 11 is 0. The molecule has 1 aliphatic rings. The van der Waals surface area contributed by atoms with E-state index in [0.717, 1.165) is 30.6 Å². The Hall–Kier alpha value is -2.94. The van der Waals surface area contributed by atoms with Crippen LogP contribution in [-0.2, 0) is 13.1 Å². The molecule has 142 valence electrons. The Balaban J connectivity index is 1.31. The van der Waals surface area contributed by atoms with Gasteiger partial charge in [-0.15, -0.1) is 5.10 Å². The Morgan fingerprint density at radius 1 is 1.26 bits per heavy atom. The molecular weight excluding hydrogens is 346 g/mol. The van der Waals surface area contributed by atoms with Crippen molar-refractivity contribution in [2.75, 3.05) is 6.54 Å². The van der Waals surface area contributed by atoms with E-state index in [9.17, 15) is 9.59 Å². The Morgan fingerprint density at radius 3 is 3.00 bits per heavy atom. The van der Waals surface area contributed by atoms with Gasteiger partial charge in [-0.3, -0.25) is 9.48 Å². The molecule has 1 fully saturated rings. The van der Waals surface area contributed by atoms with E-state index < -0.39 is 0 Å². The van der Waals surface area contributed by atoms with Gasteiger partial charge in [-0.25, -0.2) is 4.79 Å². The van der Waals surface area contributed by atoms with Crippen LogP contribution < -0.4 is 16.3 Å². The minimum Gasteiger partial charge on any atom is -0.347 e. The maximum atomic E-state index is 12.3. The number of H-pyrrole nitrogens is 2. The Labute approximate surface area is 155 Å². The number of nitrogens with zero attached hydrogens (tertiary/aromatic N) is 3. The minimum atomic E-state index is -0.264. The Kier molecular flexibility index (Phi) is 5.01. The van der Waals surface area contributed by atoms with Crippen molar-refractivity contribution in [3.8, 4) is 0 Å². The Morgan fingerprint density at radius 2 is 2.15 bits per heavy atom. The monoisotopic (exact) mass is 369 g/mol. The number of carbonyl (C=O) groups excluding carboxylic acids is 1. The van der Waals surface area contributed by atoms with Gasteiger partial charge < -0.3 is 20.6 Å². The number of amides is 1. The molecule has 0 saturated carbocycles. The number of rotatable bonds is 6. The zero-order chi connectivity index (χ0) is 18.6. The normalized spacial score (nSPS) is 17.3. The maximum absolute atomic E-state index is 12.3. The first kappa shape index (κ1) is 17.5. The number of piperidine rings is 1. The first-order valence-corrected chi connectivity index (χ1v) is 9.30. The first-order chi connectivity index (χ1) is 13.2. The minimum absolute atomic E-state index is 0.244. The summed E-state index contributed by atoms with van der Waals surface area (Å²) in [4.78, 5) is 29.0. The van der Waals surface area contributed by atoms with Crippen LogP contribution in [0.4, 0.5) is 0 Å². The molecule has 1 amide bonds. The van der Waals surface area contributed by atoms with E-state index in [2.05, 4.69) is 30.9 Å². The fourth-order valence-corrected chi connectivity index (χ4v) is 3.43. The van der Waals surface area contributed by atoms with Gasteiger partial charge in [0.25, 0.3) is 5.91 Å². The zero-order valence-corrected chi connectivity index (χ0v) is 15.0. The summed E-state index contributed by atoms with van der Waals surface area (Å²) in [6.45, 7) is 2.18. The van der Waals surface area contributed by atoms with E-state index in [0.29, 0.717) is 23.8 Å². The third kappa shape index (κ3) is 4.25.